The van der Waals surface area contributed by atoms with Crippen molar-refractivity contribution in [3.63, 3.8) is 0 Å². The first-order valence-electron chi connectivity index (χ1n) is 4.46. The van der Waals surface area contributed by atoms with E-state index >= 15 is 0 Å². The Bertz CT molecular complexity index is 438. The average molecular weight is 244 g/mol. The smallest absolute Gasteiger partial charge is 0.186 e. The molecule has 0 aliphatic carbocycles. The number of halogens is 1. The maximum absolute atomic E-state index is 5.78. The molecule has 0 saturated carbocycles. The minimum absolute atomic E-state index is 0.432. The number of hydrogen-bond acceptors (Lipinski definition) is 5. The Morgan fingerprint density at radius 1 is 1.53 bits per heavy atom. The molecule has 0 radical (unpaired) electrons. The lowest BCUT2D eigenvalue weighted by Gasteiger charge is -2.00. The summed E-state index contributed by atoms with van der Waals surface area (Å²) in [6, 6.07) is 1.99. The van der Waals surface area contributed by atoms with Crippen molar-refractivity contribution in [2.45, 2.75) is 6.42 Å². The van der Waals surface area contributed by atoms with E-state index in [1.54, 1.807) is 4.68 Å². The van der Waals surface area contributed by atoms with Crippen molar-refractivity contribution in [2.75, 3.05) is 11.9 Å². The van der Waals surface area contributed by atoms with Crippen LogP contribution in [0.2, 0.25) is 5.15 Å². The van der Waals surface area contributed by atoms with Crippen LogP contribution >= 0.6 is 23.3 Å². The number of nitrogens with one attached hydrogen (secondary N) is 1. The summed E-state index contributed by atoms with van der Waals surface area (Å²) in [6.07, 6.45) is 2.77. The highest BCUT2D eigenvalue weighted by atomic mass is 35.5. The second-order valence-corrected chi connectivity index (χ2v) is 3.95. The van der Waals surface area contributed by atoms with E-state index in [2.05, 4.69) is 19.2 Å². The van der Waals surface area contributed by atoms with Gasteiger partial charge in [-0.25, -0.2) is 0 Å². The van der Waals surface area contributed by atoms with E-state index in [1.807, 2.05) is 19.3 Å². The zero-order valence-corrected chi connectivity index (χ0v) is 9.72. The summed E-state index contributed by atoms with van der Waals surface area (Å²) in [6.45, 7) is 0.752. The number of anilines is 1. The summed E-state index contributed by atoms with van der Waals surface area (Å²) >= 11 is 6.88. The summed E-state index contributed by atoms with van der Waals surface area (Å²) in [5.74, 6) is 0.651. The molecular weight excluding hydrogens is 234 g/mol. The van der Waals surface area contributed by atoms with Gasteiger partial charge in [-0.1, -0.05) is 11.6 Å². The number of rotatable bonds is 4. The van der Waals surface area contributed by atoms with Gasteiger partial charge in [-0.2, -0.15) is 13.8 Å². The molecule has 0 aromatic carbocycles. The van der Waals surface area contributed by atoms with Crippen LogP contribution in [0, 0.1) is 0 Å². The predicted octanol–water partition coefficient (Wildman–Crippen LogP) is 1.58. The van der Waals surface area contributed by atoms with Crippen LogP contribution in [0.3, 0.4) is 0 Å². The van der Waals surface area contributed by atoms with Gasteiger partial charge in [0.1, 0.15) is 0 Å². The van der Waals surface area contributed by atoms with Crippen LogP contribution in [0.5, 0.6) is 0 Å². The van der Waals surface area contributed by atoms with Crippen LogP contribution < -0.4 is 5.32 Å². The van der Waals surface area contributed by atoms with Gasteiger partial charge in [0.25, 0.3) is 0 Å². The molecule has 80 valence electrons. The lowest BCUT2D eigenvalue weighted by atomic mass is 10.3. The molecule has 0 aliphatic rings. The van der Waals surface area contributed by atoms with E-state index in [4.69, 9.17) is 11.6 Å². The maximum atomic E-state index is 5.78. The van der Waals surface area contributed by atoms with E-state index in [-0.39, 0.29) is 0 Å². The maximum Gasteiger partial charge on any atom is 0.186 e. The fourth-order valence-corrected chi connectivity index (χ4v) is 1.87. The lowest BCUT2D eigenvalue weighted by Crippen LogP contribution is -2.06. The van der Waals surface area contributed by atoms with Crippen LogP contribution in [-0.2, 0) is 13.5 Å². The van der Waals surface area contributed by atoms with Crippen molar-refractivity contribution in [1.82, 2.24) is 18.5 Å². The Kier molecular flexibility index (Phi) is 3.17. The third-order valence-electron chi connectivity index (χ3n) is 1.89. The first-order valence-corrected chi connectivity index (χ1v) is 5.57. The van der Waals surface area contributed by atoms with Crippen molar-refractivity contribution < 1.29 is 0 Å². The second-order valence-electron chi connectivity index (χ2n) is 3.06. The van der Waals surface area contributed by atoms with E-state index in [0.717, 1.165) is 30.4 Å². The Balaban J connectivity index is 1.83. The number of aryl methyl sites for hydroxylation is 1. The number of hydrogen-bond donors (Lipinski definition) is 1. The number of nitrogens with zero attached hydrogens (tertiary/aromatic N) is 4. The molecule has 7 heteroatoms. The van der Waals surface area contributed by atoms with E-state index < -0.39 is 0 Å². The molecule has 2 heterocycles. The van der Waals surface area contributed by atoms with Gasteiger partial charge < -0.3 is 5.32 Å². The van der Waals surface area contributed by atoms with Crippen molar-refractivity contribution in [3.05, 3.63) is 23.1 Å². The van der Waals surface area contributed by atoms with Crippen LogP contribution in [0.1, 0.15) is 5.69 Å². The summed E-state index contributed by atoms with van der Waals surface area (Å²) < 4.78 is 9.66. The monoisotopic (exact) mass is 243 g/mol. The van der Waals surface area contributed by atoms with Gasteiger partial charge >= 0.3 is 0 Å². The third kappa shape index (κ3) is 2.66. The van der Waals surface area contributed by atoms with Gasteiger partial charge in [0.05, 0.1) is 17.4 Å². The normalized spacial score (nSPS) is 10.5. The van der Waals surface area contributed by atoms with Crippen molar-refractivity contribution >= 4 is 29.1 Å². The van der Waals surface area contributed by atoms with Gasteiger partial charge in [-0.15, -0.1) is 0 Å². The van der Waals surface area contributed by atoms with Crippen molar-refractivity contribution in [2.24, 2.45) is 7.05 Å². The quantitative estimate of drug-likeness (QED) is 0.886. The van der Waals surface area contributed by atoms with Crippen molar-refractivity contribution in [3.8, 4) is 0 Å². The van der Waals surface area contributed by atoms with Crippen LogP contribution in [0.15, 0.2) is 12.3 Å². The SMILES string of the molecule is Cn1ccc(CCNc2nsnc2Cl)n1. The lowest BCUT2D eigenvalue weighted by molar-refractivity contribution is 0.742. The van der Waals surface area contributed by atoms with Crippen LogP contribution in [-0.4, -0.2) is 25.1 Å². The molecule has 2 aromatic rings. The molecule has 15 heavy (non-hydrogen) atoms. The first kappa shape index (κ1) is 10.4. The van der Waals surface area contributed by atoms with E-state index in [1.165, 1.54) is 0 Å². The minimum Gasteiger partial charge on any atom is -0.366 e. The van der Waals surface area contributed by atoms with Crippen LogP contribution in [0.4, 0.5) is 5.82 Å². The molecule has 0 aliphatic heterocycles. The molecule has 0 saturated heterocycles. The van der Waals surface area contributed by atoms with Crippen molar-refractivity contribution in [1.29, 1.82) is 0 Å². The summed E-state index contributed by atoms with van der Waals surface area (Å²) in [5.41, 5.74) is 1.05. The molecule has 0 spiro atoms. The van der Waals surface area contributed by atoms with Crippen LogP contribution in [0.25, 0.3) is 0 Å². The molecule has 2 rings (SSSR count). The summed E-state index contributed by atoms with van der Waals surface area (Å²) in [4.78, 5) is 0. The molecule has 0 amide bonds. The summed E-state index contributed by atoms with van der Waals surface area (Å²) in [5, 5.41) is 7.80. The molecule has 0 atom stereocenters. The largest absolute Gasteiger partial charge is 0.366 e. The topological polar surface area (TPSA) is 55.6 Å². The highest BCUT2D eigenvalue weighted by Gasteiger charge is 2.04. The Morgan fingerprint density at radius 2 is 2.40 bits per heavy atom. The average Bonchev–Trinajstić information content (AvgIpc) is 2.77. The first-order chi connectivity index (χ1) is 7.25. The predicted molar refractivity (Wildman–Crippen MR) is 60.3 cm³/mol. The molecule has 5 nitrogen and oxygen atoms in total. The zero-order valence-electron chi connectivity index (χ0n) is 8.14. The Morgan fingerprint density at radius 3 is 3.00 bits per heavy atom. The summed E-state index contributed by atoms with van der Waals surface area (Å²) in [7, 11) is 1.90. The van der Waals surface area contributed by atoms with Gasteiger partial charge in [-0.3, -0.25) is 4.68 Å². The molecule has 2 aromatic heterocycles. The second kappa shape index (κ2) is 4.59. The Hall–Kier alpha value is -1.14. The van der Waals surface area contributed by atoms with Gasteiger partial charge in [-0.05, 0) is 6.07 Å². The van der Waals surface area contributed by atoms with Gasteiger partial charge in [0.15, 0.2) is 11.0 Å². The zero-order chi connectivity index (χ0) is 10.7. The third-order valence-corrected chi connectivity index (χ3v) is 2.78. The standard InChI is InChI=1S/C8H10ClN5S/c1-14-5-3-6(11-14)2-4-10-8-7(9)12-15-13-8/h3,5H,2,4H2,1H3,(H,10,13). The fraction of sp³-hybridized carbons (Fsp3) is 0.375. The minimum atomic E-state index is 0.432. The Labute approximate surface area is 96.4 Å². The molecule has 0 bridgehead atoms. The molecule has 1 N–H and O–H groups in total. The van der Waals surface area contributed by atoms with Gasteiger partial charge in [0.2, 0.25) is 0 Å². The molecule has 0 fully saturated rings. The highest BCUT2D eigenvalue weighted by molar-refractivity contribution is 6.99. The fourth-order valence-electron chi connectivity index (χ4n) is 1.19. The van der Waals surface area contributed by atoms with Gasteiger partial charge in [0, 0.05) is 26.2 Å². The molecular formula is C8H10ClN5S. The van der Waals surface area contributed by atoms with E-state index in [0.29, 0.717) is 11.0 Å². The molecule has 0 unspecified atom stereocenters. The van der Waals surface area contributed by atoms with E-state index in [9.17, 15) is 0 Å². The highest BCUT2D eigenvalue weighted by Crippen LogP contribution is 2.17. The number of aromatic nitrogens is 4.